The van der Waals surface area contributed by atoms with Gasteiger partial charge >= 0.3 is 0 Å². The highest BCUT2D eigenvalue weighted by atomic mass is 32.2. The minimum absolute atomic E-state index is 0.0195. The molecule has 28 heavy (non-hydrogen) atoms. The van der Waals surface area contributed by atoms with Crippen molar-refractivity contribution in [1.29, 1.82) is 0 Å². The number of fused-ring (bicyclic) bond motifs is 2. The van der Waals surface area contributed by atoms with Gasteiger partial charge < -0.3 is 14.8 Å². The molecule has 1 amide bonds. The molecule has 2 heterocycles. The van der Waals surface area contributed by atoms with Crippen LogP contribution in [0.5, 0.6) is 0 Å². The van der Waals surface area contributed by atoms with Crippen LogP contribution in [0.1, 0.15) is 17.3 Å². The highest BCUT2D eigenvalue weighted by molar-refractivity contribution is 7.99. The molecule has 1 fully saturated rings. The molecule has 144 valence electrons. The number of nitrogens with zero attached hydrogens (tertiary/aromatic N) is 1. The van der Waals surface area contributed by atoms with E-state index in [-0.39, 0.29) is 18.1 Å². The van der Waals surface area contributed by atoms with Gasteiger partial charge in [0.1, 0.15) is 6.10 Å². The second-order valence-corrected chi connectivity index (χ2v) is 7.75. The number of rotatable bonds is 4. The van der Waals surface area contributed by atoms with E-state index < -0.39 is 0 Å². The summed E-state index contributed by atoms with van der Waals surface area (Å²) in [7, 11) is 1.70. The number of nitrogens with one attached hydrogen (secondary N) is 1. The van der Waals surface area contributed by atoms with Crippen molar-refractivity contribution >= 4 is 29.0 Å². The maximum absolute atomic E-state index is 13.1. The summed E-state index contributed by atoms with van der Waals surface area (Å²) < 4.78 is 11.0. The monoisotopic (exact) mass is 394 g/mol. The number of anilines is 2. The van der Waals surface area contributed by atoms with Crippen LogP contribution in [-0.2, 0) is 9.47 Å². The van der Waals surface area contributed by atoms with Crippen LogP contribution in [0, 0.1) is 11.8 Å². The SMILES string of the molecule is CC#CCN1C(=O)c2ccccc2Sc2cc(NC3COCC3OC)ccc21. The van der Waals surface area contributed by atoms with E-state index in [4.69, 9.17) is 9.47 Å². The highest BCUT2D eigenvalue weighted by Gasteiger charge is 2.30. The highest BCUT2D eigenvalue weighted by Crippen LogP contribution is 2.42. The van der Waals surface area contributed by atoms with Crippen LogP contribution in [0.4, 0.5) is 11.4 Å². The summed E-state index contributed by atoms with van der Waals surface area (Å²) in [5.74, 6) is 5.90. The first kappa shape index (κ1) is 18.9. The third kappa shape index (κ3) is 3.61. The van der Waals surface area contributed by atoms with Gasteiger partial charge in [-0.05, 0) is 37.3 Å². The number of carbonyl (C=O) groups is 1. The summed E-state index contributed by atoms with van der Waals surface area (Å²) in [6.45, 7) is 3.36. The van der Waals surface area contributed by atoms with Gasteiger partial charge in [-0.3, -0.25) is 9.69 Å². The molecule has 2 atom stereocenters. The van der Waals surface area contributed by atoms with Crippen molar-refractivity contribution in [3.63, 3.8) is 0 Å². The molecule has 2 aromatic carbocycles. The molecule has 2 aliphatic rings. The average molecular weight is 394 g/mol. The maximum atomic E-state index is 13.1. The Hall–Kier alpha value is -2.46. The Morgan fingerprint density at radius 2 is 2.11 bits per heavy atom. The molecule has 2 aliphatic heterocycles. The number of amides is 1. The molecule has 0 aliphatic carbocycles. The number of benzene rings is 2. The fourth-order valence-corrected chi connectivity index (χ4v) is 4.56. The van der Waals surface area contributed by atoms with Crippen molar-refractivity contribution in [2.75, 3.05) is 37.1 Å². The van der Waals surface area contributed by atoms with E-state index in [0.29, 0.717) is 25.3 Å². The Bertz CT molecular complexity index is 950. The molecule has 2 aromatic rings. The number of carbonyl (C=O) groups excluding carboxylic acids is 1. The van der Waals surface area contributed by atoms with Gasteiger partial charge in [0.2, 0.25) is 0 Å². The average Bonchev–Trinajstić information content (AvgIpc) is 3.12. The lowest BCUT2D eigenvalue weighted by Gasteiger charge is -2.23. The standard InChI is InChI=1S/C22H22N2O3S/c1-3-4-11-24-18-10-9-15(23-17-13-27-14-19(17)26-2)12-21(18)28-20-8-6-5-7-16(20)22(24)25/h5-10,12,17,19,23H,11,13-14H2,1-2H3. The van der Waals surface area contributed by atoms with Crippen molar-refractivity contribution < 1.29 is 14.3 Å². The quantitative estimate of drug-likeness (QED) is 0.803. The van der Waals surface area contributed by atoms with E-state index in [2.05, 4.69) is 23.2 Å². The first-order valence-corrected chi connectivity index (χ1v) is 10.0. The number of hydrogen-bond donors (Lipinski definition) is 1. The Balaban J connectivity index is 1.71. The first-order valence-electron chi connectivity index (χ1n) is 9.20. The molecule has 0 saturated carbocycles. The summed E-state index contributed by atoms with van der Waals surface area (Å²) in [5, 5.41) is 3.51. The Morgan fingerprint density at radius 1 is 1.25 bits per heavy atom. The molecule has 2 unspecified atom stereocenters. The molecule has 1 saturated heterocycles. The maximum Gasteiger partial charge on any atom is 0.260 e. The molecule has 6 heteroatoms. The lowest BCUT2D eigenvalue weighted by atomic mass is 10.1. The van der Waals surface area contributed by atoms with Crippen molar-refractivity contribution in [2.45, 2.75) is 28.9 Å². The summed E-state index contributed by atoms with van der Waals surface area (Å²) in [6, 6.07) is 13.9. The van der Waals surface area contributed by atoms with Gasteiger partial charge in [0.25, 0.3) is 5.91 Å². The Kier molecular flexibility index (Phi) is 5.58. The third-order valence-electron chi connectivity index (χ3n) is 4.93. The van der Waals surface area contributed by atoms with Crippen LogP contribution in [0.15, 0.2) is 52.3 Å². The van der Waals surface area contributed by atoms with E-state index in [1.54, 1.807) is 30.7 Å². The summed E-state index contributed by atoms with van der Waals surface area (Å²) >= 11 is 1.61. The predicted molar refractivity (Wildman–Crippen MR) is 111 cm³/mol. The van der Waals surface area contributed by atoms with E-state index in [0.717, 1.165) is 21.2 Å². The van der Waals surface area contributed by atoms with Gasteiger partial charge in [-0.2, -0.15) is 0 Å². The molecule has 1 N–H and O–H groups in total. The third-order valence-corrected chi connectivity index (χ3v) is 6.05. The molecule has 4 rings (SSSR count). The zero-order chi connectivity index (χ0) is 19.5. The molecular weight excluding hydrogens is 372 g/mol. The van der Waals surface area contributed by atoms with E-state index in [9.17, 15) is 4.79 Å². The summed E-state index contributed by atoms with van der Waals surface area (Å²) in [5.41, 5.74) is 2.57. The lowest BCUT2D eigenvalue weighted by Crippen LogP contribution is -2.33. The van der Waals surface area contributed by atoms with Gasteiger partial charge in [-0.25, -0.2) is 0 Å². The smallest absolute Gasteiger partial charge is 0.260 e. The normalized spacial score (nSPS) is 20.6. The van der Waals surface area contributed by atoms with Crippen molar-refractivity contribution in [2.24, 2.45) is 0 Å². The van der Waals surface area contributed by atoms with Gasteiger partial charge in [0.15, 0.2) is 0 Å². The summed E-state index contributed by atoms with van der Waals surface area (Å²) in [4.78, 5) is 16.9. The number of hydrogen-bond acceptors (Lipinski definition) is 5. The van der Waals surface area contributed by atoms with Crippen molar-refractivity contribution in [3.8, 4) is 11.8 Å². The number of methoxy groups -OCH3 is 1. The molecular formula is C22H22N2O3S. The minimum Gasteiger partial charge on any atom is -0.377 e. The van der Waals surface area contributed by atoms with Gasteiger partial charge in [0, 0.05) is 22.6 Å². The van der Waals surface area contributed by atoms with Crippen LogP contribution in [0.2, 0.25) is 0 Å². The van der Waals surface area contributed by atoms with Crippen LogP contribution >= 0.6 is 11.8 Å². The van der Waals surface area contributed by atoms with E-state index in [1.165, 1.54) is 0 Å². The van der Waals surface area contributed by atoms with Crippen LogP contribution in [-0.4, -0.2) is 44.9 Å². The summed E-state index contributed by atoms with van der Waals surface area (Å²) in [6.07, 6.45) is 0.0325. The second kappa shape index (κ2) is 8.27. The fraction of sp³-hybridized carbons (Fsp3) is 0.318. The largest absolute Gasteiger partial charge is 0.377 e. The van der Waals surface area contributed by atoms with Gasteiger partial charge in [-0.15, -0.1) is 5.92 Å². The van der Waals surface area contributed by atoms with E-state index >= 15 is 0 Å². The zero-order valence-electron chi connectivity index (χ0n) is 15.9. The topological polar surface area (TPSA) is 50.8 Å². The number of ether oxygens (including phenoxy) is 2. The molecule has 0 radical (unpaired) electrons. The van der Waals surface area contributed by atoms with Gasteiger partial charge in [-0.1, -0.05) is 29.8 Å². The molecule has 0 bridgehead atoms. The Labute approximate surface area is 169 Å². The van der Waals surface area contributed by atoms with Gasteiger partial charge in [0.05, 0.1) is 37.1 Å². The first-order chi connectivity index (χ1) is 13.7. The lowest BCUT2D eigenvalue weighted by molar-refractivity contribution is 0.0795. The second-order valence-electron chi connectivity index (χ2n) is 6.66. The van der Waals surface area contributed by atoms with Crippen molar-refractivity contribution in [1.82, 2.24) is 0 Å². The Morgan fingerprint density at radius 3 is 2.93 bits per heavy atom. The van der Waals surface area contributed by atoms with Crippen LogP contribution in [0.3, 0.4) is 0 Å². The van der Waals surface area contributed by atoms with E-state index in [1.807, 2.05) is 36.4 Å². The predicted octanol–water partition coefficient (Wildman–Crippen LogP) is 3.65. The molecule has 5 nitrogen and oxygen atoms in total. The van der Waals surface area contributed by atoms with Crippen LogP contribution < -0.4 is 10.2 Å². The fourth-order valence-electron chi connectivity index (χ4n) is 3.44. The molecule has 0 spiro atoms. The zero-order valence-corrected chi connectivity index (χ0v) is 16.7. The van der Waals surface area contributed by atoms with Crippen molar-refractivity contribution in [3.05, 3.63) is 48.0 Å². The molecule has 0 aromatic heterocycles. The minimum atomic E-state index is -0.0195. The van der Waals surface area contributed by atoms with Crippen LogP contribution in [0.25, 0.3) is 0 Å².